The van der Waals surface area contributed by atoms with E-state index in [1.54, 1.807) is 6.20 Å². The number of anilines is 2. The van der Waals surface area contributed by atoms with E-state index in [1.807, 2.05) is 30.3 Å². The first-order chi connectivity index (χ1) is 12.8. The average Bonchev–Trinajstić information content (AvgIpc) is 2.67. The molecular formula is C21H23ClN4. The van der Waals surface area contributed by atoms with Gasteiger partial charge in [-0.25, -0.2) is 4.98 Å². The molecule has 0 fully saturated rings. The molecule has 0 aliphatic heterocycles. The van der Waals surface area contributed by atoms with Crippen LogP contribution in [0.15, 0.2) is 66.9 Å². The lowest BCUT2D eigenvalue weighted by molar-refractivity contribution is 0.857. The molecule has 4 nitrogen and oxygen atoms in total. The average molecular weight is 367 g/mol. The van der Waals surface area contributed by atoms with Crippen molar-refractivity contribution in [3.05, 3.63) is 83.0 Å². The summed E-state index contributed by atoms with van der Waals surface area (Å²) in [5, 5.41) is 7.39. The maximum absolute atomic E-state index is 6.01. The Morgan fingerprint density at radius 1 is 0.808 bits per heavy atom. The second-order valence-corrected chi connectivity index (χ2v) is 6.52. The fourth-order valence-electron chi connectivity index (χ4n) is 2.71. The van der Waals surface area contributed by atoms with Crippen molar-refractivity contribution in [3.63, 3.8) is 0 Å². The minimum absolute atomic E-state index is 0.639. The summed E-state index contributed by atoms with van der Waals surface area (Å²) < 4.78 is 0. The Labute approximate surface area is 159 Å². The van der Waals surface area contributed by atoms with E-state index in [9.17, 15) is 0 Å². The van der Waals surface area contributed by atoms with Crippen LogP contribution in [-0.2, 0) is 12.8 Å². The molecular weight excluding hydrogens is 344 g/mol. The highest BCUT2D eigenvalue weighted by atomic mass is 35.5. The smallest absolute Gasteiger partial charge is 0.224 e. The first kappa shape index (κ1) is 18.2. The van der Waals surface area contributed by atoms with E-state index in [0.29, 0.717) is 5.95 Å². The number of hydrogen-bond acceptors (Lipinski definition) is 4. The van der Waals surface area contributed by atoms with Gasteiger partial charge in [-0.15, -0.1) is 0 Å². The lowest BCUT2D eigenvalue weighted by atomic mass is 10.1. The Hall–Kier alpha value is -2.59. The first-order valence-corrected chi connectivity index (χ1v) is 9.26. The van der Waals surface area contributed by atoms with Crippen molar-refractivity contribution in [2.75, 3.05) is 23.7 Å². The van der Waals surface area contributed by atoms with Crippen LogP contribution in [0.4, 0.5) is 11.8 Å². The van der Waals surface area contributed by atoms with Gasteiger partial charge >= 0.3 is 0 Å². The number of aryl methyl sites for hydroxylation is 1. The van der Waals surface area contributed by atoms with Crippen molar-refractivity contribution < 1.29 is 0 Å². The molecule has 0 radical (unpaired) electrons. The van der Waals surface area contributed by atoms with Gasteiger partial charge in [0.15, 0.2) is 0 Å². The number of benzene rings is 2. The molecule has 0 saturated carbocycles. The van der Waals surface area contributed by atoms with Crippen LogP contribution < -0.4 is 10.6 Å². The van der Waals surface area contributed by atoms with E-state index >= 15 is 0 Å². The molecule has 2 N–H and O–H groups in total. The minimum Gasteiger partial charge on any atom is -0.370 e. The Bertz CT molecular complexity index is 808. The van der Waals surface area contributed by atoms with Crippen LogP contribution in [0, 0.1) is 0 Å². The Kier molecular flexibility index (Phi) is 6.85. The van der Waals surface area contributed by atoms with E-state index in [-0.39, 0.29) is 0 Å². The number of aromatic nitrogens is 2. The summed E-state index contributed by atoms with van der Waals surface area (Å²) >= 11 is 6.01. The first-order valence-electron chi connectivity index (χ1n) is 8.89. The van der Waals surface area contributed by atoms with Gasteiger partial charge in [0, 0.05) is 24.3 Å². The van der Waals surface area contributed by atoms with Gasteiger partial charge in [-0.3, -0.25) is 0 Å². The molecule has 0 aliphatic carbocycles. The summed E-state index contributed by atoms with van der Waals surface area (Å²) in [6, 6.07) is 20.3. The fraction of sp³-hybridized carbons (Fsp3) is 0.238. The number of rotatable bonds is 9. The van der Waals surface area contributed by atoms with Crippen LogP contribution in [0.1, 0.15) is 17.5 Å². The zero-order chi connectivity index (χ0) is 18.0. The highest BCUT2D eigenvalue weighted by molar-refractivity contribution is 6.30. The van der Waals surface area contributed by atoms with E-state index in [2.05, 4.69) is 50.9 Å². The number of nitrogens with zero attached hydrogens (tertiary/aromatic N) is 2. The molecule has 0 atom stereocenters. The summed E-state index contributed by atoms with van der Waals surface area (Å²) in [4.78, 5) is 8.78. The predicted octanol–water partition coefficient (Wildman–Crippen LogP) is 4.83. The molecule has 0 aliphatic rings. The third-order valence-electron chi connectivity index (χ3n) is 4.03. The molecule has 0 spiro atoms. The van der Waals surface area contributed by atoms with Crippen LogP contribution >= 0.6 is 11.6 Å². The second kappa shape index (κ2) is 9.78. The van der Waals surface area contributed by atoms with Crippen LogP contribution in [0.5, 0.6) is 0 Å². The summed E-state index contributed by atoms with van der Waals surface area (Å²) in [6.45, 7) is 1.64. The van der Waals surface area contributed by atoms with Crippen LogP contribution in [0.3, 0.4) is 0 Å². The van der Waals surface area contributed by atoms with Gasteiger partial charge in [-0.05, 0) is 48.6 Å². The molecule has 5 heteroatoms. The quantitative estimate of drug-likeness (QED) is 0.532. The lowest BCUT2D eigenvalue weighted by Crippen LogP contribution is -2.10. The van der Waals surface area contributed by atoms with E-state index in [4.69, 9.17) is 11.6 Å². The van der Waals surface area contributed by atoms with E-state index in [1.165, 1.54) is 11.1 Å². The van der Waals surface area contributed by atoms with E-state index < -0.39 is 0 Å². The Morgan fingerprint density at radius 3 is 2.50 bits per heavy atom. The van der Waals surface area contributed by atoms with Gasteiger partial charge in [0.2, 0.25) is 5.95 Å². The van der Waals surface area contributed by atoms with Gasteiger partial charge in [0.25, 0.3) is 0 Å². The zero-order valence-corrected chi connectivity index (χ0v) is 15.4. The molecule has 1 aromatic heterocycles. The fourth-order valence-corrected chi connectivity index (χ4v) is 2.92. The van der Waals surface area contributed by atoms with Gasteiger partial charge < -0.3 is 10.6 Å². The molecule has 0 amide bonds. The maximum atomic E-state index is 6.01. The molecule has 2 aromatic carbocycles. The van der Waals surface area contributed by atoms with Crippen LogP contribution in [0.25, 0.3) is 0 Å². The maximum Gasteiger partial charge on any atom is 0.224 e. The summed E-state index contributed by atoms with van der Waals surface area (Å²) in [6.07, 6.45) is 4.77. The highest BCUT2D eigenvalue weighted by Gasteiger charge is 2.00. The molecule has 134 valence electrons. The third-order valence-corrected chi connectivity index (χ3v) is 4.27. The molecule has 26 heavy (non-hydrogen) atoms. The van der Waals surface area contributed by atoms with E-state index in [0.717, 1.165) is 43.2 Å². The van der Waals surface area contributed by atoms with Crippen molar-refractivity contribution in [1.29, 1.82) is 0 Å². The largest absolute Gasteiger partial charge is 0.370 e. The zero-order valence-electron chi connectivity index (χ0n) is 14.7. The third kappa shape index (κ3) is 6.05. The molecule has 0 saturated heterocycles. The van der Waals surface area contributed by atoms with Gasteiger partial charge in [0.05, 0.1) is 0 Å². The number of hydrogen-bond donors (Lipinski definition) is 2. The minimum atomic E-state index is 0.639. The van der Waals surface area contributed by atoms with Gasteiger partial charge in [-0.2, -0.15) is 4.98 Å². The lowest BCUT2D eigenvalue weighted by Gasteiger charge is -2.09. The van der Waals surface area contributed by atoms with Crippen LogP contribution in [-0.4, -0.2) is 23.1 Å². The monoisotopic (exact) mass is 366 g/mol. The van der Waals surface area contributed by atoms with Crippen molar-refractivity contribution in [3.8, 4) is 0 Å². The standard InChI is InChI=1S/C21H23ClN4/c22-19-10-4-8-18(16-19)11-14-24-21-25-15-12-20(26-21)23-13-5-9-17-6-2-1-3-7-17/h1-4,6-8,10,12,15-16H,5,9,11,13-14H2,(H2,23,24,25,26). The molecule has 0 unspecified atom stereocenters. The highest BCUT2D eigenvalue weighted by Crippen LogP contribution is 2.12. The second-order valence-electron chi connectivity index (χ2n) is 6.09. The SMILES string of the molecule is Clc1cccc(CCNc2nccc(NCCCc3ccccc3)n2)c1. The Morgan fingerprint density at radius 2 is 1.65 bits per heavy atom. The molecule has 3 rings (SSSR count). The number of halogens is 1. The van der Waals surface area contributed by atoms with Crippen molar-refractivity contribution in [2.45, 2.75) is 19.3 Å². The van der Waals surface area contributed by atoms with Crippen LogP contribution in [0.2, 0.25) is 5.02 Å². The van der Waals surface area contributed by atoms with Crippen molar-refractivity contribution in [2.24, 2.45) is 0 Å². The topological polar surface area (TPSA) is 49.8 Å². The van der Waals surface area contributed by atoms with Gasteiger partial charge in [0.1, 0.15) is 5.82 Å². The normalized spacial score (nSPS) is 10.5. The molecule has 1 heterocycles. The predicted molar refractivity (Wildman–Crippen MR) is 109 cm³/mol. The van der Waals surface area contributed by atoms with Gasteiger partial charge in [-0.1, -0.05) is 54.1 Å². The Balaban J connectivity index is 1.41. The summed E-state index contributed by atoms with van der Waals surface area (Å²) in [5.74, 6) is 1.48. The van der Waals surface area contributed by atoms with Crippen molar-refractivity contribution >= 4 is 23.4 Å². The van der Waals surface area contributed by atoms with Crippen molar-refractivity contribution in [1.82, 2.24) is 9.97 Å². The number of nitrogens with one attached hydrogen (secondary N) is 2. The molecule has 3 aromatic rings. The summed E-state index contributed by atoms with van der Waals surface area (Å²) in [5.41, 5.74) is 2.56. The summed E-state index contributed by atoms with van der Waals surface area (Å²) in [7, 11) is 0. The molecule has 0 bridgehead atoms.